The van der Waals surface area contributed by atoms with Crippen LogP contribution in [-0.4, -0.2) is 24.0 Å². The van der Waals surface area contributed by atoms with Crippen molar-refractivity contribution < 1.29 is 19.4 Å². The van der Waals surface area contributed by atoms with Gasteiger partial charge in [-0.15, -0.1) is 0 Å². The van der Waals surface area contributed by atoms with E-state index >= 15 is 0 Å². The van der Waals surface area contributed by atoms with E-state index in [0.717, 1.165) is 17.4 Å². The minimum absolute atomic E-state index is 0.0961. The average molecular weight is 296 g/mol. The predicted octanol–water partition coefficient (Wildman–Crippen LogP) is 3.45. The van der Waals surface area contributed by atoms with Crippen molar-refractivity contribution >= 4 is 18.3 Å². The van der Waals surface area contributed by atoms with Gasteiger partial charge in [0.25, 0.3) is 0 Å². The maximum atomic E-state index is 11.4. The molecule has 0 bridgehead atoms. The Hall–Kier alpha value is -2.88. The maximum absolute atomic E-state index is 11.4. The molecule has 0 spiro atoms. The summed E-state index contributed by atoms with van der Waals surface area (Å²) in [6.07, 6.45) is 3.67. The van der Waals surface area contributed by atoms with Crippen LogP contribution in [0.25, 0.3) is 17.2 Å². The smallest absolute Gasteiger partial charge is 0.330 e. The van der Waals surface area contributed by atoms with E-state index in [2.05, 4.69) is 0 Å². The fourth-order valence-corrected chi connectivity index (χ4v) is 2.08. The predicted molar refractivity (Wildman–Crippen MR) is 84.6 cm³/mol. The van der Waals surface area contributed by atoms with Gasteiger partial charge >= 0.3 is 5.97 Å². The van der Waals surface area contributed by atoms with Crippen molar-refractivity contribution in [3.05, 3.63) is 59.7 Å². The Balaban J connectivity index is 2.43. The maximum Gasteiger partial charge on any atom is 0.330 e. The number of aromatic hydroxyl groups is 1. The zero-order valence-electron chi connectivity index (χ0n) is 12.2. The summed E-state index contributed by atoms with van der Waals surface area (Å²) in [4.78, 5) is 22.3. The summed E-state index contributed by atoms with van der Waals surface area (Å²) in [5, 5.41) is 9.65. The minimum atomic E-state index is -0.446. The van der Waals surface area contributed by atoms with E-state index < -0.39 is 5.97 Å². The fraction of sp³-hybridized carbons (Fsp3) is 0.111. The third-order valence-electron chi connectivity index (χ3n) is 3.05. The molecule has 1 N–H and O–H groups in total. The fourth-order valence-electron chi connectivity index (χ4n) is 2.08. The molecule has 2 aromatic carbocycles. The van der Waals surface area contributed by atoms with Gasteiger partial charge in [0.2, 0.25) is 0 Å². The van der Waals surface area contributed by atoms with E-state index in [1.165, 1.54) is 6.08 Å². The third-order valence-corrected chi connectivity index (χ3v) is 3.05. The molecule has 0 saturated heterocycles. The van der Waals surface area contributed by atoms with E-state index in [1.54, 1.807) is 49.4 Å². The summed E-state index contributed by atoms with van der Waals surface area (Å²) in [6, 6.07) is 12.0. The molecule has 0 fully saturated rings. The van der Waals surface area contributed by atoms with Crippen LogP contribution in [0.3, 0.4) is 0 Å². The molecule has 0 unspecified atom stereocenters. The number of hydrogen-bond donors (Lipinski definition) is 1. The molecule has 0 radical (unpaired) electrons. The lowest BCUT2D eigenvalue weighted by molar-refractivity contribution is -0.137. The molecule has 112 valence electrons. The number of esters is 1. The van der Waals surface area contributed by atoms with Gasteiger partial charge in [0.05, 0.1) is 6.61 Å². The molecule has 0 heterocycles. The molecule has 0 atom stereocenters. The number of aldehydes is 1. The van der Waals surface area contributed by atoms with E-state index in [9.17, 15) is 14.7 Å². The van der Waals surface area contributed by atoms with Crippen molar-refractivity contribution in [2.45, 2.75) is 6.92 Å². The van der Waals surface area contributed by atoms with Gasteiger partial charge in [-0.3, -0.25) is 4.79 Å². The number of carbonyl (C=O) groups is 2. The van der Waals surface area contributed by atoms with Gasteiger partial charge in [-0.1, -0.05) is 24.3 Å². The molecule has 4 heteroatoms. The second-order valence-corrected chi connectivity index (χ2v) is 4.60. The monoisotopic (exact) mass is 296 g/mol. The first-order valence-corrected chi connectivity index (χ1v) is 6.87. The Morgan fingerprint density at radius 1 is 1.23 bits per heavy atom. The van der Waals surface area contributed by atoms with Crippen molar-refractivity contribution in [1.82, 2.24) is 0 Å². The molecule has 22 heavy (non-hydrogen) atoms. The van der Waals surface area contributed by atoms with Crippen LogP contribution in [0, 0.1) is 0 Å². The lowest BCUT2D eigenvalue weighted by atomic mass is 9.97. The lowest BCUT2D eigenvalue weighted by Gasteiger charge is -2.08. The lowest BCUT2D eigenvalue weighted by Crippen LogP contribution is -1.98. The van der Waals surface area contributed by atoms with Crippen molar-refractivity contribution in [3.8, 4) is 16.9 Å². The molecule has 0 aliphatic rings. The average Bonchev–Trinajstić information content (AvgIpc) is 2.53. The summed E-state index contributed by atoms with van der Waals surface area (Å²) in [6.45, 7) is 2.04. The highest BCUT2D eigenvalue weighted by atomic mass is 16.5. The van der Waals surface area contributed by atoms with Gasteiger partial charge in [0.1, 0.15) is 12.0 Å². The zero-order valence-corrected chi connectivity index (χ0v) is 12.2. The first-order valence-electron chi connectivity index (χ1n) is 6.87. The number of benzene rings is 2. The highest BCUT2D eigenvalue weighted by molar-refractivity contribution is 5.90. The highest BCUT2D eigenvalue weighted by Gasteiger charge is 2.06. The van der Waals surface area contributed by atoms with Gasteiger partial charge in [0, 0.05) is 11.6 Å². The molecule has 2 rings (SSSR count). The quantitative estimate of drug-likeness (QED) is 0.521. The van der Waals surface area contributed by atoms with Gasteiger partial charge in [-0.2, -0.15) is 0 Å². The van der Waals surface area contributed by atoms with Gasteiger partial charge in [-0.05, 0) is 47.9 Å². The Morgan fingerprint density at radius 2 is 2.05 bits per heavy atom. The molecular weight excluding hydrogens is 280 g/mol. The number of phenols is 1. The van der Waals surface area contributed by atoms with E-state index in [0.29, 0.717) is 17.7 Å². The molecule has 0 aliphatic carbocycles. The summed E-state index contributed by atoms with van der Waals surface area (Å²) in [5.74, 6) is -0.350. The SMILES string of the molecule is CCOC(=O)/C=C/c1cc(O)ccc1-c1cccc(C=O)c1. The van der Waals surface area contributed by atoms with Crippen LogP contribution >= 0.6 is 0 Å². The molecule has 4 nitrogen and oxygen atoms in total. The standard InChI is InChI=1S/C18H16O4/c1-2-22-18(21)9-6-15-11-16(20)7-8-17(15)14-5-3-4-13(10-14)12-19/h3-12,20H,2H2,1H3/b9-6+. The number of hydrogen-bond acceptors (Lipinski definition) is 4. The molecule has 0 amide bonds. The number of ether oxygens (including phenoxy) is 1. The molecule has 0 aromatic heterocycles. The van der Waals surface area contributed by atoms with Gasteiger partial charge in [-0.25, -0.2) is 4.79 Å². The van der Waals surface area contributed by atoms with Crippen molar-refractivity contribution in [2.24, 2.45) is 0 Å². The first kappa shape index (κ1) is 15.5. The summed E-state index contributed by atoms with van der Waals surface area (Å²) >= 11 is 0. The van der Waals surface area contributed by atoms with E-state index in [-0.39, 0.29) is 5.75 Å². The highest BCUT2D eigenvalue weighted by Crippen LogP contribution is 2.28. The van der Waals surface area contributed by atoms with E-state index in [4.69, 9.17) is 4.74 Å². The molecule has 2 aromatic rings. The van der Waals surface area contributed by atoms with Crippen LogP contribution in [0.15, 0.2) is 48.5 Å². The van der Waals surface area contributed by atoms with Crippen molar-refractivity contribution in [1.29, 1.82) is 0 Å². The van der Waals surface area contributed by atoms with Crippen LogP contribution in [0.5, 0.6) is 5.75 Å². The number of rotatable bonds is 5. The Morgan fingerprint density at radius 3 is 2.77 bits per heavy atom. The molecule has 0 saturated carbocycles. The van der Waals surface area contributed by atoms with Gasteiger partial charge < -0.3 is 9.84 Å². The minimum Gasteiger partial charge on any atom is -0.508 e. The molecular formula is C18H16O4. The van der Waals surface area contributed by atoms with Crippen LogP contribution in [-0.2, 0) is 9.53 Å². The summed E-state index contributed by atoms with van der Waals surface area (Å²) in [7, 11) is 0. The number of carbonyl (C=O) groups excluding carboxylic acids is 2. The number of phenolic OH excluding ortho intramolecular Hbond substituents is 1. The third kappa shape index (κ3) is 3.82. The van der Waals surface area contributed by atoms with Crippen LogP contribution in [0.1, 0.15) is 22.8 Å². The molecule has 0 aliphatic heterocycles. The second-order valence-electron chi connectivity index (χ2n) is 4.60. The largest absolute Gasteiger partial charge is 0.508 e. The Bertz CT molecular complexity index is 717. The van der Waals surface area contributed by atoms with Crippen LogP contribution < -0.4 is 0 Å². The summed E-state index contributed by atoms with van der Waals surface area (Å²) in [5.41, 5.74) is 2.86. The van der Waals surface area contributed by atoms with Crippen molar-refractivity contribution in [3.63, 3.8) is 0 Å². The van der Waals surface area contributed by atoms with Crippen molar-refractivity contribution in [2.75, 3.05) is 6.61 Å². The summed E-state index contributed by atoms with van der Waals surface area (Å²) < 4.78 is 4.84. The van der Waals surface area contributed by atoms with Crippen LogP contribution in [0.4, 0.5) is 0 Å². The Kier molecular flexibility index (Phi) is 5.09. The van der Waals surface area contributed by atoms with Crippen LogP contribution in [0.2, 0.25) is 0 Å². The second kappa shape index (κ2) is 7.22. The normalized spacial score (nSPS) is 10.6. The zero-order chi connectivity index (χ0) is 15.9. The topological polar surface area (TPSA) is 63.6 Å². The Labute approximate surface area is 128 Å². The van der Waals surface area contributed by atoms with E-state index in [1.807, 2.05) is 6.07 Å². The first-order chi connectivity index (χ1) is 10.6. The van der Waals surface area contributed by atoms with Gasteiger partial charge in [0.15, 0.2) is 0 Å².